The van der Waals surface area contributed by atoms with Crippen molar-refractivity contribution >= 4 is 0 Å². The number of hydrogen-bond donors (Lipinski definition) is 1. The summed E-state index contributed by atoms with van der Waals surface area (Å²) in [5.74, 6) is 0.912. The molecule has 2 rings (SSSR count). The maximum atomic E-state index is 6.52. The summed E-state index contributed by atoms with van der Waals surface area (Å²) in [6, 6.07) is 9.88. The second-order valence-corrected chi connectivity index (χ2v) is 6.60. The average Bonchev–Trinajstić information content (AvgIpc) is 3.27. The van der Waals surface area contributed by atoms with Gasteiger partial charge in [-0.15, -0.1) is 0 Å². The van der Waals surface area contributed by atoms with Gasteiger partial charge in [0.25, 0.3) is 0 Å². The van der Waals surface area contributed by atoms with E-state index < -0.39 is 0 Å². The lowest BCUT2D eigenvalue weighted by Gasteiger charge is -2.36. The van der Waals surface area contributed by atoms with Gasteiger partial charge in [0.05, 0.1) is 0 Å². The van der Waals surface area contributed by atoms with Crippen LogP contribution >= 0.6 is 0 Å². The van der Waals surface area contributed by atoms with Crippen LogP contribution < -0.4 is 5.73 Å². The lowest BCUT2D eigenvalue weighted by atomic mass is 9.97. The Kier molecular flexibility index (Phi) is 5.22. The zero-order valence-corrected chi connectivity index (χ0v) is 13.5. The van der Waals surface area contributed by atoms with Gasteiger partial charge >= 0.3 is 0 Å². The van der Waals surface area contributed by atoms with E-state index in [2.05, 4.69) is 56.9 Å². The minimum Gasteiger partial charge on any atom is -0.323 e. The van der Waals surface area contributed by atoms with E-state index in [4.69, 9.17) is 5.73 Å². The Bertz CT molecular complexity index is 406. The van der Waals surface area contributed by atoms with Crippen LogP contribution in [0.3, 0.4) is 0 Å². The molecule has 0 aliphatic heterocycles. The Balaban J connectivity index is 2.05. The normalized spacial score (nSPS) is 18.6. The second kappa shape index (κ2) is 6.73. The number of rotatable bonds is 7. The summed E-state index contributed by atoms with van der Waals surface area (Å²) in [7, 11) is 0. The standard InChI is InChI=1S/C18H30N2/c1-5-15-8-10-17(11-9-15)18(19)14(4)20(13(2)3)12-16-6-7-16/h8-11,13-14,16,18H,5-7,12,19H2,1-4H3. The molecule has 0 bridgehead atoms. The molecule has 2 nitrogen and oxygen atoms in total. The minimum absolute atomic E-state index is 0.0991. The third-order valence-corrected chi connectivity index (χ3v) is 4.64. The Hall–Kier alpha value is -0.860. The van der Waals surface area contributed by atoms with Crippen molar-refractivity contribution in [2.24, 2.45) is 11.7 Å². The van der Waals surface area contributed by atoms with Crippen LogP contribution in [0.5, 0.6) is 0 Å². The summed E-state index contributed by atoms with van der Waals surface area (Å²) in [6.07, 6.45) is 3.89. The van der Waals surface area contributed by atoms with Crippen LogP contribution in [0.15, 0.2) is 24.3 Å². The fourth-order valence-electron chi connectivity index (χ4n) is 2.91. The first-order chi connectivity index (χ1) is 9.52. The average molecular weight is 274 g/mol. The molecule has 1 saturated carbocycles. The van der Waals surface area contributed by atoms with Crippen LogP contribution in [0.4, 0.5) is 0 Å². The first kappa shape index (κ1) is 15.5. The molecule has 1 aliphatic carbocycles. The van der Waals surface area contributed by atoms with Gasteiger partial charge in [0.1, 0.15) is 0 Å². The molecule has 1 aromatic rings. The second-order valence-electron chi connectivity index (χ2n) is 6.60. The molecular weight excluding hydrogens is 244 g/mol. The summed E-state index contributed by atoms with van der Waals surface area (Å²) in [4.78, 5) is 2.58. The van der Waals surface area contributed by atoms with Crippen molar-refractivity contribution in [3.63, 3.8) is 0 Å². The third-order valence-electron chi connectivity index (χ3n) is 4.64. The molecule has 112 valence electrons. The third kappa shape index (κ3) is 3.83. The van der Waals surface area contributed by atoms with Gasteiger partial charge in [-0.05, 0) is 57.1 Å². The van der Waals surface area contributed by atoms with Gasteiger partial charge < -0.3 is 5.73 Å². The number of nitrogens with zero attached hydrogens (tertiary/aromatic N) is 1. The fraction of sp³-hybridized carbons (Fsp3) is 0.667. The van der Waals surface area contributed by atoms with Gasteiger partial charge in [-0.3, -0.25) is 4.90 Å². The molecule has 2 heteroatoms. The van der Waals surface area contributed by atoms with E-state index in [1.165, 1.54) is 30.5 Å². The van der Waals surface area contributed by atoms with Gasteiger partial charge in [-0.2, -0.15) is 0 Å². The molecule has 0 amide bonds. The molecular formula is C18H30N2. The van der Waals surface area contributed by atoms with Crippen molar-refractivity contribution in [2.75, 3.05) is 6.54 Å². The molecule has 0 spiro atoms. The Morgan fingerprint density at radius 3 is 2.20 bits per heavy atom. The topological polar surface area (TPSA) is 29.3 Å². The number of hydrogen-bond acceptors (Lipinski definition) is 2. The van der Waals surface area contributed by atoms with E-state index in [1.54, 1.807) is 0 Å². The summed E-state index contributed by atoms with van der Waals surface area (Å²) in [5.41, 5.74) is 9.17. The van der Waals surface area contributed by atoms with Gasteiger partial charge in [-0.25, -0.2) is 0 Å². The number of nitrogens with two attached hydrogens (primary N) is 1. The van der Waals surface area contributed by atoms with Gasteiger partial charge in [-0.1, -0.05) is 31.2 Å². The molecule has 0 aromatic heterocycles. The van der Waals surface area contributed by atoms with E-state index in [9.17, 15) is 0 Å². The Labute approximate surface area is 124 Å². The number of aryl methyl sites for hydroxylation is 1. The minimum atomic E-state index is 0.0991. The first-order valence-electron chi connectivity index (χ1n) is 8.13. The quantitative estimate of drug-likeness (QED) is 0.820. The van der Waals surface area contributed by atoms with Gasteiger partial charge in [0, 0.05) is 24.7 Å². The van der Waals surface area contributed by atoms with Crippen LogP contribution in [0, 0.1) is 5.92 Å². The Morgan fingerprint density at radius 2 is 1.75 bits per heavy atom. The van der Waals surface area contributed by atoms with Crippen LogP contribution in [0.2, 0.25) is 0 Å². The molecule has 0 radical (unpaired) electrons. The smallest absolute Gasteiger partial charge is 0.0450 e. The molecule has 2 unspecified atom stereocenters. The predicted molar refractivity (Wildman–Crippen MR) is 86.8 cm³/mol. The summed E-state index contributed by atoms with van der Waals surface area (Å²) < 4.78 is 0. The van der Waals surface area contributed by atoms with Gasteiger partial charge in [0.2, 0.25) is 0 Å². The largest absolute Gasteiger partial charge is 0.323 e. The van der Waals surface area contributed by atoms with E-state index in [0.717, 1.165) is 12.3 Å². The molecule has 1 fully saturated rings. The van der Waals surface area contributed by atoms with Crippen molar-refractivity contribution in [1.29, 1.82) is 0 Å². The van der Waals surface area contributed by atoms with Crippen LogP contribution in [0.1, 0.15) is 57.7 Å². The predicted octanol–water partition coefficient (Wildman–Crippen LogP) is 3.76. The molecule has 1 aromatic carbocycles. The highest BCUT2D eigenvalue weighted by Gasteiger charge is 2.30. The monoisotopic (exact) mass is 274 g/mol. The molecule has 2 N–H and O–H groups in total. The van der Waals surface area contributed by atoms with Crippen molar-refractivity contribution in [3.8, 4) is 0 Å². The van der Waals surface area contributed by atoms with Crippen molar-refractivity contribution < 1.29 is 0 Å². The summed E-state index contributed by atoms with van der Waals surface area (Å²) >= 11 is 0. The lowest BCUT2D eigenvalue weighted by molar-refractivity contribution is 0.136. The maximum absolute atomic E-state index is 6.52. The van der Waals surface area contributed by atoms with Crippen LogP contribution in [0.25, 0.3) is 0 Å². The lowest BCUT2D eigenvalue weighted by Crippen LogP contribution is -2.45. The zero-order chi connectivity index (χ0) is 14.7. The molecule has 2 atom stereocenters. The Morgan fingerprint density at radius 1 is 1.15 bits per heavy atom. The van der Waals surface area contributed by atoms with E-state index in [-0.39, 0.29) is 6.04 Å². The van der Waals surface area contributed by atoms with E-state index >= 15 is 0 Å². The van der Waals surface area contributed by atoms with Gasteiger partial charge in [0.15, 0.2) is 0 Å². The SMILES string of the molecule is CCc1ccc(C(N)C(C)N(CC2CC2)C(C)C)cc1. The molecule has 0 heterocycles. The van der Waals surface area contributed by atoms with Crippen molar-refractivity contribution in [3.05, 3.63) is 35.4 Å². The van der Waals surface area contributed by atoms with E-state index in [1.807, 2.05) is 0 Å². The maximum Gasteiger partial charge on any atom is 0.0450 e. The van der Waals surface area contributed by atoms with E-state index in [0.29, 0.717) is 12.1 Å². The number of benzene rings is 1. The first-order valence-corrected chi connectivity index (χ1v) is 8.13. The highest BCUT2D eigenvalue weighted by molar-refractivity contribution is 5.25. The van der Waals surface area contributed by atoms with Crippen LogP contribution in [-0.4, -0.2) is 23.5 Å². The summed E-state index contributed by atoms with van der Waals surface area (Å²) in [5, 5.41) is 0. The molecule has 20 heavy (non-hydrogen) atoms. The highest BCUT2D eigenvalue weighted by Crippen LogP contribution is 2.32. The zero-order valence-electron chi connectivity index (χ0n) is 13.5. The van der Waals surface area contributed by atoms with Crippen molar-refractivity contribution in [1.82, 2.24) is 4.90 Å². The van der Waals surface area contributed by atoms with Crippen LogP contribution in [-0.2, 0) is 6.42 Å². The fourth-order valence-corrected chi connectivity index (χ4v) is 2.91. The summed E-state index contributed by atoms with van der Waals surface area (Å²) in [6.45, 7) is 10.2. The highest BCUT2D eigenvalue weighted by atomic mass is 15.2. The molecule has 1 aliphatic rings. The van der Waals surface area contributed by atoms with Crippen molar-refractivity contribution in [2.45, 2.75) is 65.1 Å². The molecule has 0 saturated heterocycles.